The number of carbonyl (C=O) groups excluding carboxylic acids is 1. The Hall–Kier alpha value is -1.81. The quantitative estimate of drug-likeness (QED) is 0.287. The lowest BCUT2D eigenvalue weighted by Crippen LogP contribution is -2.59. The van der Waals surface area contributed by atoms with Crippen molar-refractivity contribution in [2.75, 3.05) is 21.2 Å². The minimum absolute atomic E-state index is 0.167. The molecule has 0 aromatic rings. The third kappa shape index (κ3) is 7.71. The number of ether oxygens (including phenoxy) is 7. The average Bonchev–Trinajstić information content (AvgIpc) is 3.36. The molecule has 0 radical (unpaired) electrons. The molecular weight excluding hydrogens is 638 g/mol. The van der Waals surface area contributed by atoms with Crippen LogP contribution in [0.2, 0.25) is 0 Å². The van der Waals surface area contributed by atoms with Crippen molar-refractivity contribution in [3.63, 3.8) is 0 Å². The zero-order valence-corrected chi connectivity index (χ0v) is 31.3. The molecule has 2 bridgehead atoms. The van der Waals surface area contributed by atoms with E-state index >= 15 is 0 Å². The lowest BCUT2D eigenvalue weighted by atomic mass is 9.78. The number of methoxy groups -OCH3 is 1. The van der Waals surface area contributed by atoms with Gasteiger partial charge < -0.3 is 58.5 Å². The van der Waals surface area contributed by atoms with Crippen LogP contribution in [-0.4, -0.2) is 131 Å². The molecule has 2 fully saturated rings. The van der Waals surface area contributed by atoms with Gasteiger partial charge in [-0.3, -0.25) is 4.79 Å². The van der Waals surface area contributed by atoms with E-state index in [1.165, 1.54) is 20.3 Å². The molecule has 0 spiro atoms. The highest BCUT2D eigenvalue weighted by atomic mass is 16.7. The Labute approximate surface area is 291 Å². The standard InChI is InChI=1S/C36H61NO12/c1-13-24-36(9,42)29(39)19(3)27-18(2)16-35(8,49-27)31(48-33-26(38)23(37(10)11)14-15-44-33)20(4)28(21(5)32(41)46-24)47-25-17-34(7,43-12)30(40)22(6)45-25/h14-15,19-26,28-31,33,38-40,42H,13,16-17H2,1-12H3/t19-,20-,21+,22?,23?,24+,25-,26?,28-,29+,30-,31+,33-,34?,35+,36+/m0/s1. The number of fused-ring (bicyclic) bond motifs is 2. The van der Waals surface area contributed by atoms with Gasteiger partial charge in [-0.1, -0.05) is 20.8 Å². The zero-order chi connectivity index (χ0) is 36.8. The molecular formula is C36H61NO12. The van der Waals surface area contributed by atoms with Crippen LogP contribution in [0.5, 0.6) is 0 Å². The monoisotopic (exact) mass is 699 g/mol. The first kappa shape index (κ1) is 40.0. The van der Waals surface area contributed by atoms with E-state index in [1.807, 2.05) is 39.8 Å². The number of cyclic esters (lactones) is 1. The van der Waals surface area contributed by atoms with E-state index in [4.69, 9.17) is 33.2 Å². The minimum Gasteiger partial charge on any atom is -0.489 e. The summed E-state index contributed by atoms with van der Waals surface area (Å²) in [4.78, 5) is 15.9. The lowest BCUT2D eigenvalue weighted by molar-refractivity contribution is -0.306. The summed E-state index contributed by atoms with van der Waals surface area (Å²) in [5.74, 6) is -2.37. The molecule has 0 amide bonds. The molecule has 282 valence electrons. The number of likely N-dealkylation sites (N-methyl/N-ethyl adjacent to an activating group) is 1. The van der Waals surface area contributed by atoms with Crippen molar-refractivity contribution in [1.29, 1.82) is 0 Å². The van der Waals surface area contributed by atoms with Crippen molar-refractivity contribution in [2.24, 2.45) is 17.8 Å². The number of hydrogen-bond acceptors (Lipinski definition) is 13. The van der Waals surface area contributed by atoms with E-state index in [0.29, 0.717) is 12.2 Å². The maximum atomic E-state index is 14.1. The summed E-state index contributed by atoms with van der Waals surface area (Å²) in [7, 11) is 5.22. The Morgan fingerprint density at radius 2 is 1.67 bits per heavy atom. The highest BCUT2D eigenvalue weighted by Crippen LogP contribution is 2.47. The summed E-state index contributed by atoms with van der Waals surface area (Å²) in [6, 6.07) is -0.392. The van der Waals surface area contributed by atoms with Crippen LogP contribution >= 0.6 is 0 Å². The van der Waals surface area contributed by atoms with Crippen LogP contribution in [0.3, 0.4) is 0 Å². The van der Waals surface area contributed by atoms with E-state index in [0.717, 1.165) is 5.57 Å². The van der Waals surface area contributed by atoms with Gasteiger partial charge in [0.15, 0.2) is 6.29 Å². The second-order valence-electron chi connectivity index (χ2n) is 15.5. The number of aliphatic hydroxyl groups excluding tert-OH is 3. The van der Waals surface area contributed by atoms with Crippen molar-refractivity contribution in [3.8, 4) is 0 Å². The van der Waals surface area contributed by atoms with Crippen LogP contribution in [0.25, 0.3) is 0 Å². The first-order chi connectivity index (χ1) is 22.7. The van der Waals surface area contributed by atoms with Gasteiger partial charge in [-0.15, -0.1) is 0 Å². The summed E-state index contributed by atoms with van der Waals surface area (Å²) in [6.07, 6.45) is -4.74. The van der Waals surface area contributed by atoms with Crippen LogP contribution in [0, 0.1) is 17.8 Å². The van der Waals surface area contributed by atoms with Gasteiger partial charge in [0.2, 0.25) is 6.29 Å². The van der Waals surface area contributed by atoms with Crippen LogP contribution in [0.15, 0.2) is 23.7 Å². The highest BCUT2D eigenvalue weighted by Gasteiger charge is 2.56. The van der Waals surface area contributed by atoms with Gasteiger partial charge >= 0.3 is 5.97 Å². The van der Waals surface area contributed by atoms with Gasteiger partial charge in [-0.2, -0.15) is 0 Å². The van der Waals surface area contributed by atoms with Gasteiger partial charge in [-0.05, 0) is 73.7 Å². The summed E-state index contributed by atoms with van der Waals surface area (Å²) < 4.78 is 44.0. The number of esters is 1. The summed E-state index contributed by atoms with van der Waals surface area (Å²) in [6.45, 7) is 15.9. The molecule has 4 heterocycles. The van der Waals surface area contributed by atoms with Crippen molar-refractivity contribution in [3.05, 3.63) is 23.7 Å². The lowest BCUT2D eigenvalue weighted by Gasteiger charge is -2.47. The molecule has 0 aromatic carbocycles. The molecule has 4 aliphatic heterocycles. The average molecular weight is 700 g/mol. The predicted octanol–water partition coefficient (Wildman–Crippen LogP) is 2.63. The molecule has 0 aromatic heterocycles. The van der Waals surface area contributed by atoms with E-state index in [9.17, 15) is 25.2 Å². The van der Waals surface area contributed by atoms with Crippen molar-refractivity contribution < 1.29 is 58.4 Å². The molecule has 0 aliphatic carbocycles. The summed E-state index contributed by atoms with van der Waals surface area (Å²) in [5.41, 5.74) is -3.03. The predicted molar refractivity (Wildman–Crippen MR) is 179 cm³/mol. The Morgan fingerprint density at radius 1 is 1.02 bits per heavy atom. The SMILES string of the molecule is CC[C@H]1OC(=O)[C@H](C)[C@@H](O[C@H]2CC(C)(OC)[C@@H](O)C(C)O2)[C@H](C)[C@@H](O[C@@H]2OC=CC(N(C)C)C2O)[C@@]2(C)CC(C)=C(O2)[C@H](C)[C@@H](O)[C@]1(C)O. The Bertz CT molecular complexity index is 1220. The molecule has 49 heavy (non-hydrogen) atoms. The van der Waals surface area contributed by atoms with Crippen molar-refractivity contribution >= 4 is 5.97 Å². The third-order valence-corrected chi connectivity index (χ3v) is 11.4. The van der Waals surface area contributed by atoms with Gasteiger partial charge in [-0.25, -0.2) is 0 Å². The Balaban J connectivity index is 1.83. The first-order valence-corrected chi connectivity index (χ1v) is 17.6. The van der Waals surface area contributed by atoms with Gasteiger partial charge in [0.05, 0.1) is 42.1 Å². The smallest absolute Gasteiger partial charge is 0.311 e. The molecule has 13 heteroatoms. The Morgan fingerprint density at radius 3 is 2.27 bits per heavy atom. The number of aliphatic hydroxyl groups is 4. The van der Waals surface area contributed by atoms with E-state index in [-0.39, 0.29) is 12.8 Å². The number of hydrogen-bond donors (Lipinski definition) is 4. The van der Waals surface area contributed by atoms with Crippen LogP contribution in [0.4, 0.5) is 0 Å². The number of rotatable bonds is 7. The topological polar surface area (TPSA) is 166 Å². The maximum absolute atomic E-state index is 14.1. The first-order valence-electron chi connectivity index (χ1n) is 17.6. The van der Waals surface area contributed by atoms with E-state index in [2.05, 4.69) is 0 Å². The van der Waals surface area contributed by atoms with Crippen LogP contribution < -0.4 is 0 Å². The number of nitrogens with zero attached hydrogens (tertiary/aromatic N) is 1. The van der Waals surface area contributed by atoms with Gasteiger partial charge in [0.1, 0.15) is 41.4 Å². The molecule has 2 saturated heterocycles. The van der Waals surface area contributed by atoms with E-state index < -0.39 is 102 Å². The molecule has 4 unspecified atom stereocenters. The third-order valence-electron chi connectivity index (χ3n) is 11.4. The Kier molecular flexibility index (Phi) is 12.3. The van der Waals surface area contributed by atoms with Gasteiger partial charge in [0.25, 0.3) is 0 Å². The van der Waals surface area contributed by atoms with E-state index in [1.54, 1.807) is 40.7 Å². The van der Waals surface area contributed by atoms with Crippen LogP contribution in [-0.2, 0) is 38.0 Å². The zero-order valence-electron chi connectivity index (χ0n) is 31.3. The van der Waals surface area contributed by atoms with Crippen molar-refractivity contribution in [2.45, 2.75) is 160 Å². The molecule has 4 N–H and O–H groups in total. The minimum atomic E-state index is -1.82. The fourth-order valence-corrected chi connectivity index (χ4v) is 8.22. The molecule has 4 aliphatic rings. The fourth-order valence-electron chi connectivity index (χ4n) is 8.22. The second-order valence-corrected chi connectivity index (χ2v) is 15.5. The molecule has 16 atom stereocenters. The van der Waals surface area contributed by atoms with Gasteiger partial charge in [0, 0.05) is 31.8 Å². The maximum Gasteiger partial charge on any atom is 0.311 e. The van der Waals surface area contributed by atoms with Crippen LogP contribution in [0.1, 0.15) is 81.6 Å². The van der Waals surface area contributed by atoms with Crippen molar-refractivity contribution in [1.82, 2.24) is 4.90 Å². The fraction of sp³-hybridized carbons (Fsp3) is 0.861. The number of carbonyl (C=O) groups is 1. The summed E-state index contributed by atoms with van der Waals surface area (Å²) in [5, 5.41) is 45.6. The highest BCUT2D eigenvalue weighted by molar-refractivity contribution is 5.73. The molecule has 4 rings (SSSR count). The second kappa shape index (κ2) is 15.0. The molecule has 0 saturated carbocycles. The molecule has 13 nitrogen and oxygen atoms in total. The largest absolute Gasteiger partial charge is 0.489 e. The normalized spacial score (nSPS) is 48.3. The summed E-state index contributed by atoms with van der Waals surface area (Å²) >= 11 is 0.